The summed E-state index contributed by atoms with van der Waals surface area (Å²) in [6.07, 6.45) is 1.55. The normalized spacial score (nSPS) is 10.1. The maximum Gasteiger partial charge on any atom is 0.341 e. The summed E-state index contributed by atoms with van der Waals surface area (Å²) < 4.78 is 9.79. The number of furan rings is 1. The van der Waals surface area contributed by atoms with Crippen LogP contribution in [-0.4, -0.2) is 40.3 Å². The number of carbonyl (C=O) groups excluding carboxylic acids is 1. The van der Waals surface area contributed by atoms with E-state index in [4.69, 9.17) is 19.7 Å². The Bertz CT molecular complexity index is 997. The fraction of sp³-hybridized carbons (Fsp3) is 0.150. The lowest BCUT2D eigenvalue weighted by molar-refractivity contribution is 0.0599. The highest BCUT2D eigenvalue weighted by atomic mass is 16.5. The summed E-state index contributed by atoms with van der Waals surface area (Å²) in [4.78, 5) is 32.9. The smallest absolute Gasteiger partial charge is 0.341 e. The summed E-state index contributed by atoms with van der Waals surface area (Å²) in [5, 5.41) is 27.5. The summed E-state index contributed by atoms with van der Waals surface area (Å²) >= 11 is 0. The van der Waals surface area contributed by atoms with Gasteiger partial charge in [-0.3, -0.25) is 0 Å². The molecule has 0 saturated carbocycles. The van der Waals surface area contributed by atoms with Gasteiger partial charge in [-0.15, -0.1) is 0 Å². The molecule has 0 aliphatic heterocycles. The lowest BCUT2D eigenvalue weighted by Crippen LogP contribution is -2.10. The Morgan fingerprint density at radius 3 is 2.11 bits per heavy atom. The Balaban J connectivity index is 0.000000202. The summed E-state index contributed by atoms with van der Waals surface area (Å²) in [5.41, 5.74) is 1.16. The molecule has 146 valence electrons. The lowest BCUT2D eigenvalue weighted by Gasteiger charge is -2.08. The third-order valence-electron chi connectivity index (χ3n) is 3.90. The van der Waals surface area contributed by atoms with Crippen molar-refractivity contribution < 1.29 is 38.9 Å². The van der Waals surface area contributed by atoms with Crippen LogP contribution in [0.4, 0.5) is 0 Å². The summed E-state index contributed by atoms with van der Waals surface area (Å²) in [7, 11) is 1.35. The van der Waals surface area contributed by atoms with Gasteiger partial charge in [-0.05, 0) is 36.8 Å². The molecule has 3 N–H and O–H groups in total. The number of para-hydroxylation sites is 1. The minimum absolute atomic E-state index is 0.0689. The number of hydrogen-bond acceptors (Lipinski definition) is 6. The Hall–Kier alpha value is -3.65. The van der Waals surface area contributed by atoms with E-state index >= 15 is 0 Å². The summed E-state index contributed by atoms with van der Waals surface area (Å²) in [6, 6.07) is 9.83. The minimum Gasteiger partial charge on any atom is -0.478 e. The van der Waals surface area contributed by atoms with E-state index in [0.717, 1.165) is 5.39 Å². The van der Waals surface area contributed by atoms with Crippen LogP contribution in [0.1, 0.15) is 42.2 Å². The molecule has 3 aromatic rings. The molecule has 0 atom stereocenters. The Morgan fingerprint density at radius 2 is 1.61 bits per heavy atom. The Kier molecular flexibility index (Phi) is 6.51. The van der Waals surface area contributed by atoms with Crippen molar-refractivity contribution >= 4 is 28.9 Å². The van der Waals surface area contributed by atoms with Gasteiger partial charge in [-0.2, -0.15) is 0 Å². The van der Waals surface area contributed by atoms with Crippen LogP contribution >= 0.6 is 0 Å². The number of aromatic carboxylic acids is 2. The molecule has 1 aromatic heterocycles. The van der Waals surface area contributed by atoms with Gasteiger partial charge < -0.3 is 24.5 Å². The predicted octanol–water partition coefficient (Wildman–Crippen LogP) is 3.10. The Morgan fingerprint density at radius 1 is 1.00 bits per heavy atom. The van der Waals surface area contributed by atoms with Crippen molar-refractivity contribution in [1.29, 1.82) is 0 Å². The van der Waals surface area contributed by atoms with E-state index in [1.54, 1.807) is 25.3 Å². The highest BCUT2D eigenvalue weighted by Gasteiger charge is 2.18. The second-order valence-corrected chi connectivity index (χ2v) is 5.74. The molecule has 0 aliphatic rings. The highest BCUT2D eigenvalue weighted by molar-refractivity contribution is 6.01. The Labute approximate surface area is 159 Å². The van der Waals surface area contributed by atoms with E-state index in [-0.39, 0.29) is 22.7 Å². The van der Waals surface area contributed by atoms with E-state index in [0.29, 0.717) is 16.7 Å². The number of hydrogen-bond donors (Lipinski definition) is 3. The number of esters is 1. The van der Waals surface area contributed by atoms with E-state index < -0.39 is 18.5 Å². The molecule has 0 spiro atoms. The van der Waals surface area contributed by atoms with Gasteiger partial charge in [0.2, 0.25) is 0 Å². The van der Waals surface area contributed by atoms with Gasteiger partial charge in [0.25, 0.3) is 0 Å². The number of carboxylic acid groups (broad SMARTS) is 2. The van der Waals surface area contributed by atoms with Gasteiger partial charge in [0.15, 0.2) is 0 Å². The highest BCUT2D eigenvalue weighted by Crippen LogP contribution is 2.20. The van der Waals surface area contributed by atoms with Gasteiger partial charge in [-0.25, -0.2) is 14.4 Å². The third kappa shape index (κ3) is 4.36. The van der Waals surface area contributed by atoms with Crippen LogP contribution < -0.4 is 0 Å². The molecule has 0 bridgehead atoms. The number of ether oxygens (including phenoxy) is 1. The van der Waals surface area contributed by atoms with Crippen LogP contribution in [0.25, 0.3) is 11.0 Å². The van der Waals surface area contributed by atoms with E-state index in [1.807, 2.05) is 12.1 Å². The first-order valence-corrected chi connectivity index (χ1v) is 8.05. The quantitative estimate of drug-likeness (QED) is 0.582. The average molecular weight is 386 g/mol. The standard InChI is InChI=1S/C10H10O5.C10H8O3/c1-5-2-6(9(12)13)8(4-11)7(3-5)10(14)15;1-12-10(11)8-4-2-3-7-5-6-13-9(7)8/h2-3,11H,4H2,1H3,(H,12,13)(H,14,15);2-6H,1H3. The number of aryl methyl sites for hydroxylation is 1. The number of aliphatic hydroxyl groups excluding tert-OH is 1. The number of fused-ring (bicyclic) bond motifs is 1. The maximum absolute atomic E-state index is 11.2. The third-order valence-corrected chi connectivity index (χ3v) is 3.90. The van der Waals surface area contributed by atoms with Crippen LogP contribution in [-0.2, 0) is 11.3 Å². The number of carboxylic acids is 2. The summed E-state index contributed by atoms with van der Waals surface area (Å²) in [5.74, 6) is -2.86. The number of benzene rings is 2. The van der Waals surface area contributed by atoms with Gasteiger partial charge in [0, 0.05) is 10.9 Å². The summed E-state index contributed by atoms with van der Waals surface area (Å²) in [6.45, 7) is 0.990. The zero-order valence-corrected chi connectivity index (χ0v) is 15.1. The van der Waals surface area contributed by atoms with Crippen molar-refractivity contribution in [3.05, 3.63) is 70.5 Å². The zero-order valence-electron chi connectivity index (χ0n) is 15.1. The number of aliphatic hydroxyl groups is 1. The van der Waals surface area contributed by atoms with Gasteiger partial charge in [-0.1, -0.05) is 12.1 Å². The predicted molar refractivity (Wildman–Crippen MR) is 98.6 cm³/mol. The zero-order chi connectivity index (χ0) is 20.8. The van der Waals surface area contributed by atoms with E-state index in [2.05, 4.69) is 4.74 Å². The largest absolute Gasteiger partial charge is 0.478 e. The van der Waals surface area contributed by atoms with Gasteiger partial charge >= 0.3 is 17.9 Å². The van der Waals surface area contributed by atoms with E-state index in [9.17, 15) is 14.4 Å². The minimum atomic E-state index is -1.25. The fourth-order valence-electron chi connectivity index (χ4n) is 2.63. The van der Waals surface area contributed by atoms with Crippen molar-refractivity contribution in [2.45, 2.75) is 13.5 Å². The van der Waals surface area contributed by atoms with Crippen LogP contribution in [0.5, 0.6) is 0 Å². The van der Waals surface area contributed by atoms with Crippen molar-refractivity contribution in [3.63, 3.8) is 0 Å². The molecule has 0 saturated heterocycles. The molecule has 1 heterocycles. The molecule has 0 amide bonds. The van der Waals surface area contributed by atoms with Crippen molar-refractivity contribution in [1.82, 2.24) is 0 Å². The van der Waals surface area contributed by atoms with Crippen molar-refractivity contribution in [2.75, 3.05) is 7.11 Å². The number of carbonyl (C=O) groups is 3. The van der Waals surface area contributed by atoms with Crippen LogP contribution in [0.2, 0.25) is 0 Å². The molecular weight excluding hydrogens is 368 g/mol. The topological polar surface area (TPSA) is 134 Å². The molecule has 2 aromatic carbocycles. The fourth-order valence-corrected chi connectivity index (χ4v) is 2.63. The second kappa shape index (κ2) is 8.83. The second-order valence-electron chi connectivity index (χ2n) is 5.74. The van der Waals surface area contributed by atoms with Crippen molar-refractivity contribution in [2.24, 2.45) is 0 Å². The molecule has 0 radical (unpaired) electrons. The first-order chi connectivity index (χ1) is 13.3. The molecule has 0 unspecified atom stereocenters. The average Bonchev–Trinajstić information content (AvgIpc) is 3.15. The molecule has 8 heteroatoms. The maximum atomic E-state index is 11.2. The van der Waals surface area contributed by atoms with Crippen molar-refractivity contribution in [3.8, 4) is 0 Å². The molecule has 8 nitrogen and oxygen atoms in total. The molecule has 28 heavy (non-hydrogen) atoms. The van der Waals surface area contributed by atoms with Gasteiger partial charge in [0.1, 0.15) is 11.1 Å². The number of methoxy groups -OCH3 is 1. The molecule has 0 fully saturated rings. The first-order valence-electron chi connectivity index (χ1n) is 8.05. The molecular formula is C20H18O8. The van der Waals surface area contributed by atoms with Gasteiger partial charge in [0.05, 0.1) is 31.1 Å². The SMILES string of the molecule is COC(=O)c1cccc2ccoc12.Cc1cc(C(=O)O)c(CO)c(C(=O)O)c1. The molecule has 0 aliphatic carbocycles. The lowest BCUT2D eigenvalue weighted by atomic mass is 9.98. The van der Waals surface area contributed by atoms with Crippen LogP contribution in [0.3, 0.4) is 0 Å². The van der Waals surface area contributed by atoms with Crippen LogP contribution in [0, 0.1) is 6.92 Å². The van der Waals surface area contributed by atoms with Crippen LogP contribution in [0.15, 0.2) is 47.1 Å². The number of rotatable bonds is 4. The monoisotopic (exact) mass is 386 g/mol. The molecule has 3 rings (SSSR count). The first kappa shape index (κ1) is 20.7. The van der Waals surface area contributed by atoms with E-state index in [1.165, 1.54) is 19.2 Å².